The van der Waals surface area contributed by atoms with Crippen LogP contribution in [0.4, 0.5) is 0 Å². The van der Waals surface area contributed by atoms with Gasteiger partial charge in [-0.05, 0) is 57.2 Å². The fourth-order valence-electron chi connectivity index (χ4n) is 3.17. The number of amides is 1. The molecule has 0 unspecified atom stereocenters. The zero-order valence-electron chi connectivity index (χ0n) is 15.3. The van der Waals surface area contributed by atoms with Crippen molar-refractivity contribution in [3.63, 3.8) is 0 Å². The molecule has 1 aliphatic rings. The lowest BCUT2D eigenvalue weighted by Crippen LogP contribution is -2.53. The van der Waals surface area contributed by atoms with Gasteiger partial charge in [0.2, 0.25) is 0 Å². The van der Waals surface area contributed by atoms with Crippen molar-refractivity contribution in [2.75, 3.05) is 21.1 Å². The van der Waals surface area contributed by atoms with Gasteiger partial charge in [-0.1, -0.05) is 0 Å². The number of phenolic OH excluding ortho intramolecular Hbond substituents is 1. The Morgan fingerprint density at radius 2 is 1.83 bits per heavy atom. The molecule has 0 bridgehead atoms. The standard InChI is InChI=1S/C18H28N2O3/c1-11-12(2)17-14(13(3)16(11)22)8-9-18(4,23-17)10-15(21)19-20(5,6)7/h8-10H2,1-7H3,(H-,19,21,22)/p+1/t18-/m0/s1. The Morgan fingerprint density at radius 3 is 2.39 bits per heavy atom. The molecule has 1 aromatic rings. The molecule has 1 aromatic carbocycles. The molecule has 128 valence electrons. The Kier molecular flexibility index (Phi) is 4.37. The number of carbonyl (C=O) groups is 1. The van der Waals surface area contributed by atoms with Crippen LogP contribution in [0.3, 0.4) is 0 Å². The topological polar surface area (TPSA) is 58.6 Å². The summed E-state index contributed by atoms with van der Waals surface area (Å²) in [6.45, 7) is 7.78. The van der Waals surface area contributed by atoms with Crippen molar-refractivity contribution in [2.24, 2.45) is 0 Å². The number of quaternary nitrogens is 1. The molecule has 1 amide bonds. The second-order valence-electron chi connectivity index (χ2n) is 7.81. The van der Waals surface area contributed by atoms with Crippen molar-refractivity contribution in [3.8, 4) is 11.5 Å². The van der Waals surface area contributed by atoms with E-state index in [0.29, 0.717) is 16.8 Å². The van der Waals surface area contributed by atoms with E-state index in [2.05, 4.69) is 5.43 Å². The average Bonchev–Trinajstić information content (AvgIpc) is 2.40. The molecule has 0 radical (unpaired) electrons. The summed E-state index contributed by atoms with van der Waals surface area (Å²) in [6.07, 6.45) is 1.89. The maximum atomic E-state index is 12.3. The number of rotatable bonds is 3. The van der Waals surface area contributed by atoms with E-state index in [1.165, 1.54) is 0 Å². The van der Waals surface area contributed by atoms with E-state index < -0.39 is 5.60 Å². The molecule has 23 heavy (non-hydrogen) atoms. The average molecular weight is 321 g/mol. The second-order valence-corrected chi connectivity index (χ2v) is 7.81. The third-order valence-electron chi connectivity index (χ3n) is 4.59. The lowest BCUT2D eigenvalue weighted by molar-refractivity contribution is -0.906. The van der Waals surface area contributed by atoms with Crippen LogP contribution in [-0.4, -0.2) is 42.3 Å². The van der Waals surface area contributed by atoms with E-state index in [1.54, 1.807) is 0 Å². The fraction of sp³-hybridized carbons (Fsp3) is 0.611. The first-order valence-corrected chi connectivity index (χ1v) is 8.07. The number of hydrogen-bond acceptors (Lipinski definition) is 3. The molecule has 1 heterocycles. The minimum Gasteiger partial charge on any atom is -0.507 e. The molecule has 0 aromatic heterocycles. The van der Waals surface area contributed by atoms with Crippen LogP contribution in [0.25, 0.3) is 0 Å². The van der Waals surface area contributed by atoms with E-state index >= 15 is 0 Å². The summed E-state index contributed by atoms with van der Waals surface area (Å²) in [5.74, 6) is 1.18. The molecular formula is C18H29N2O3+. The van der Waals surface area contributed by atoms with Gasteiger partial charge in [0.15, 0.2) is 0 Å². The van der Waals surface area contributed by atoms with Gasteiger partial charge in [0.05, 0.1) is 27.6 Å². The van der Waals surface area contributed by atoms with Crippen LogP contribution in [0.1, 0.15) is 42.0 Å². The molecular weight excluding hydrogens is 292 g/mol. The minimum absolute atomic E-state index is 0.0201. The van der Waals surface area contributed by atoms with Crippen LogP contribution in [0.2, 0.25) is 0 Å². The Morgan fingerprint density at radius 1 is 1.22 bits per heavy atom. The van der Waals surface area contributed by atoms with Crippen molar-refractivity contribution in [1.29, 1.82) is 0 Å². The normalized spacial score (nSPS) is 20.7. The fourth-order valence-corrected chi connectivity index (χ4v) is 3.17. The summed E-state index contributed by atoms with van der Waals surface area (Å²) in [4.78, 5) is 12.3. The van der Waals surface area contributed by atoms with Crippen molar-refractivity contribution in [3.05, 3.63) is 22.3 Å². The summed E-state index contributed by atoms with van der Waals surface area (Å²) in [5.41, 5.74) is 6.18. The molecule has 1 aliphatic heterocycles. The number of aromatic hydroxyl groups is 1. The number of nitrogens with one attached hydrogen (secondary N) is 1. The summed E-state index contributed by atoms with van der Waals surface area (Å²) in [7, 11) is 5.74. The number of ether oxygens (including phenoxy) is 1. The quantitative estimate of drug-likeness (QED) is 0.664. The molecule has 5 heteroatoms. The van der Waals surface area contributed by atoms with E-state index in [-0.39, 0.29) is 5.91 Å². The summed E-state index contributed by atoms with van der Waals surface area (Å²) >= 11 is 0. The third kappa shape index (κ3) is 3.61. The highest BCUT2D eigenvalue weighted by Crippen LogP contribution is 2.43. The van der Waals surface area contributed by atoms with Crippen molar-refractivity contribution in [1.82, 2.24) is 5.43 Å². The lowest BCUT2D eigenvalue weighted by Gasteiger charge is -2.38. The molecule has 0 spiro atoms. The number of benzene rings is 1. The van der Waals surface area contributed by atoms with Crippen LogP contribution < -0.4 is 10.2 Å². The maximum Gasteiger partial charge on any atom is 0.268 e. The predicted octanol–water partition coefficient (Wildman–Crippen LogP) is 2.53. The largest absolute Gasteiger partial charge is 0.507 e. The van der Waals surface area contributed by atoms with Gasteiger partial charge in [0.1, 0.15) is 17.1 Å². The molecule has 2 N–H and O–H groups in total. The number of fused-ring (bicyclic) bond motifs is 1. The maximum absolute atomic E-state index is 12.3. The monoisotopic (exact) mass is 321 g/mol. The van der Waals surface area contributed by atoms with Gasteiger partial charge < -0.3 is 9.84 Å². The van der Waals surface area contributed by atoms with Crippen molar-refractivity contribution in [2.45, 2.75) is 52.6 Å². The molecule has 0 saturated heterocycles. The molecule has 0 aliphatic carbocycles. The first-order chi connectivity index (χ1) is 10.4. The van der Waals surface area contributed by atoms with Gasteiger partial charge in [-0.2, -0.15) is 0 Å². The lowest BCUT2D eigenvalue weighted by atomic mass is 9.85. The second kappa shape index (κ2) is 5.71. The van der Waals surface area contributed by atoms with Crippen LogP contribution in [0.15, 0.2) is 0 Å². The number of carbonyl (C=O) groups excluding carboxylic acids is 1. The SMILES string of the molecule is Cc1c(C)c2c(c(C)c1O)CC[C@@](C)(CC(=O)N[N+](C)(C)C)O2. The number of hydrogen-bond donors (Lipinski definition) is 2. The van der Waals surface area contributed by atoms with Crippen LogP contribution in [0.5, 0.6) is 11.5 Å². The van der Waals surface area contributed by atoms with Gasteiger partial charge in [0, 0.05) is 5.56 Å². The van der Waals surface area contributed by atoms with E-state index in [0.717, 1.165) is 40.8 Å². The summed E-state index contributed by atoms with van der Waals surface area (Å²) in [6, 6.07) is 0. The van der Waals surface area contributed by atoms with Gasteiger partial charge in [-0.15, -0.1) is 0 Å². The van der Waals surface area contributed by atoms with E-state index in [4.69, 9.17) is 4.74 Å². The van der Waals surface area contributed by atoms with Gasteiger partial charge in [-0.25, -0.2) is 10.0 Å². The number of phenols is 1. The van der Waals surface area contributed by atoms with Gasteiger partial charge in [-0.3, -0.25) is 4.79 Å². The van der Waals surface area contributed by atoms with E-state index in [9.17, 15) is 9.90 Å². The minimum atomic E-state index is -0.521. The molecule has 2 rings (SSSR count). The predicted molar refractivity (Wildman–Crippen MR) is 90.5 cm³/mol. The highest BCUT2D eigenvalue weighted by Gasteiger charge is 2.37. The Hall–Kier alpha value is -1.75. The highest BCUT2D eigenvalue weighted by atomic mass is 16.5. The van der Waals surface area contributed by atoms with Crippen molar-refractivity contribution < 1.29 is 19.2 Å². The zero-order valence-corrected chi connectivity index (χ0v) is 15.3. The number of nitrogens with zero attached hydrogens (tertiary/aromatic N) is 1. The summed E-state index contributed by atoms with van der Waals surface area (Å²) < 4.78 is 6.66. The first kappa shape index (κ1) is 17.6. The van der Waals surface area contributed by atoms with Crippen LogP contribution in [-0.2, 0) is 11.2 Å². The van der Waals surface area contributed by atoms with Gasteiger partial charge >= 0.3 is 0 Å². The molecule has 1 atom stereocenters. The van der Waals surface area contributed by atoms with Crippen LogP contribution in [0, 0.1) is 20.8 Å². The third-order valence-corrected chi connectivity index (χ3v) is 4.59. The Balaban J connectivity index is 2.27. The Bertz CT molecular complexity index is 647. The van der Waals surface area contributed by atoms with Crippen molar-refractivity contribution >= 4 is 5.91 Å². The Labute approximate surface area is 138 Å². The highest BCUT2D eigenvalue weighted by molar-refractivity contribution is 5.76. The zero-order chi connectivity index (χ0) is 17.6. The van der Waals surface area contributed by atoms with E-state index in [1.807, 2.05) is 48.8 Å². The van der Waals surface area contributed by atoms with Gasteiger partial charge in [0.25, 0.3) is 5.91 Å². The summed E-state index contributed by atoms with van der Waals surface area (Å²) in [5, 5.41) is 10.2. The molecule has 0 saturated carbocycles. The molecule has 0 fully saturated rings. The molecule has 5 nitrogen and oxygen atoms in total. The first-order valence-electron chi connectivity index (χ1n) is 8.07. The smallest absolute Gasteiger partial charge is 0.268 e. The van der Waals surface area contributed by atoms with Crippen LogP contribution >= 0.6 is 0 Å².